The molecular weight excluding hydrogens is 270 g/mol. The van der Waals surface area contributed by atoms with Crippen molar-refractivity contribution in [2.24, 2.45) is 5.41 Å². The number of amides is 1. The second kappa shape index (κ2) is 4.74. The van der Waals surface area contributed by atoms with Gasteiger partial charge in [-0.05, 0) is 43.2 Å². The molecule has 0 bridgehead atoms. The highest BCUT2D eigenvalue weighted by molar-refractivity contribution is 7.21. The molecule has 3 N–H and O–H groups in total. The molecule has 5 heteroatoms. The Hall–Kier alpha value is -1.62. The Labute approximate surface area is 122 Å². The van der Waals surface area contributed by atoms with Crippen LogP contribution in [-0.4, -0.2) is 17.4 Å². The Balaban J connectivity index is 1.85. The third kappa shape index (κ3) is 2.16. The second-order valence-electron chi connectivity index (χ2n) is 5.69. The van der Waals surface area contributed by atoms with Crippen LogP contribution in [0.2, 0.25) is 0 Å². The minimum absolute atomic E-state index is 0.0652. The van der Waals surface area contributed by atoms with Crippen molar-refractivity contribution in [3.8, 4) is 0 Å². The fourth-order valence-corrected chi connectivity index (χ4v) is 3.61. The smallest absolute Gasteiger partial charge is 0.263 e. The summed E-state index contributed by atoms with van der Waals surface area (Å²) in [6.45, 7) is 4.92. The van der Waals surface area contributed by atoms with Gasteiger partial charge in [0.15, 0.2) is 0 Å². The molecule has 0 radical (unpaired) electrons. The highest BCUT2D eigenvalue weighted by Crippen LogP contribution is 2.48. The van der Waals surface area contributed by atoms with Crippen molar-refractivity contribution in [1.29, 1.82) is 0 Å². The third-order valence-corrected chi connectivity index (χ3v) is 5.49. The van der Waals surface area contributed by atoms with Gasteiger partial charge < -0.3 is 11.1 Å². The summed E-state index contributed by atoms with van der Waals surface area (Å²) >= 11 is 1.38. The highest BCUT2D eigenvalue weighted by atomic mass is 32.1. The zero-order valence-corrected chi connectivity index (χ0v) is 12.6. The van der Waals surface area contributed by atoms with Crippen molar-refractivity contribution in [1.82, 2.24) is 10.3 Å². The Morgan fingerprint density at radius 3 is 2.90 bits per heavy atom. The molecule has 0 atom stereocenters. The molecule has 1 fully saturated rings. The van der Waals surface area contributed by atoms with Crippen LogP contribution in [0.15, 0.2) is 12.3 Å². The van der Waals surface area contributed by atoms with E-state index in [1.165, 1.54) is 24.2 Å². The first-order chi connectivity index (χ1) is 9.56. The van der Waals surface area contributed by atoms with E-state index in [1.54, 1.807) is 6.20 Å². The lowest BCUT2D eigenvalue weighted by Gasteiger charge is -2.12. The monoisotopic (exact) mass is 289 g/mol. The Bertz CT molecular complexity index is 673. The summed E-state index contributed by atoms with van der Waals surface area (Å²) in [7, 11) is 0. The third-order valence-electron chi connectivity index (χ3n) is 4.37. The highest BCUT2D eigenvalue weighted by Gasteiger charge is 2.40. The standard InChI is InChI=1S/C15H19N3OS/c1-3-15(5-6-15)8-18-13(19)12-11(16)10-9(2)4-7-17-14(10)20-12/h4,7H,3,5-6,8,16H2,1-2H3,(H,18,19). The number of hydrogen-bond acceptors (Lipinski definition) is 4. The normalized spacial score (nSPS) is 16.3. The van der Waals surface area contributed by atoms with E-state index >= 15 is 0 Å². The molecule has 106 valence electrons. The van der Waals surface area contributed by atoms with Gasteiger partial charge in [-0.3, -0.25) is 4.79 Å². The molecule has 1 aliphatic rings. The quantitative estimate of drug-likeness (QED) is 0.908. The van der Waals surface area contributed by atoms with Gasteiger partial charge in [-0.25, -0.2) is 4.98 Å². The van der Waals surface area contributed by atoms with E-state index in [-0.39, 0.29) is 5.91 Å². The van der Waals surface area contributed by atoms with Crippen molar-refractivity contribution < 1.29 is 4.79 Å². The Kier molecular flexibility index (Phi) is 3.17. The number of carbonyl (C=O) groups excluding carboxylic acids is 1. The molecule has 1 saturated carbocycles. The molecule has 1 aliphatic carbocycles. The van der Waals surface area contributed by atoms with Gasteiger partial charge in [0.1, 0.15) is 9.71 Å². The van der Waals surface area contributed by atoms with Gasteiger partial charge in [-0.15, -0.1) is 11.3 Å². The van der Waals surface area contributed by atoms with Crippen LogP contribution in [-0.2, 0) is 0 Å². The number of fused-ring (bicyclic) bond motifs is 1. The first-order valence-electron chi connectivity index (χ1n) is 6.98. The van der Waals surface area contributed by atoms with Crippen LogP contribution in [0.1, 0.15) is 41.4 Å². The molecular formula is C15H19N3OS. The van der Waals surface area contributed by atoms with Crippen molar-refractivity contribution >= 4 is 33.1 Å². The van der Waals surface area contributed by atoms with Gasteiger partial charge in [-0.2, -0.15) is 0 Å². The van der Waals surface area contributed by atoms with Crippen LogP contribution in [0.5, 0.6) is 0 Å². The van der Waals surface area contributed by atoms with E-state index in [0.29, 0.717) is 16.0 Å². The van der Waals surface area contributed by atoms with E-state index < -0.39 is 0 Å². The molecule has 0 aromatic carbocycles. The minimum atomic E-state index is -0.0652. The van der Waals surface area contributed by atoms with Gasteiger partial charge >= 0.3 is 0 Å². The van der Waals surface area contributed by atoms with Gasteiger partial charge in [0.05, 0.1) is 5.69 Å². The van der Waals surface area contributed by atoms with Gasteiger partial charge in [-0.1, -0.05) is 6.92 Å². The number of nitrogen functional groups attached to an aromatic ring is 1. The topological polar surface area (TPSA) is 68.0 Å². The SMILES string of the molecule is CCC1(CNC(=O)c2sc3nccc(C)c3c2N)CC1. The van der Waals surface area contributed by atoms with E-state index in [4.69, 9.17) is 5.73 Å². The van der Waals surface area contributed by atoms with Gasteiger partial charge in [0.2, 0.25) is 0 Å². The molecule has 0 aliphatic heterocycles. The van der Waals surface area contributed by atoms with Crippen molar-refractivity contribution in [3.05, 3.63) is 22.7 Å². The fourth-order valence-electron chi connectivity index (χ4n) is 2.55. The van der Waals surface area contributed by atoms with Crippen molar-refractivity contribution in [2.75, 3.05) is 12.3 Å². The predicted molar refractivity (Wildman–Crippen MR) is 83.1 cm³/mol. The lowest BCUT2D eigenvalue weighted by molar-refractivity contribution is 0.0949. The Morgan fingerprint density at radius 2 is 2.30 bits per heavy atom. The summed E-state index contributed by atoms with van der Waals surface area (Å²) < 4.78 is 0. The maximum absolute atomic E-state index is 12.3. The number of pyridine rings is 1. The molecule has 4 nitrogen and oxygen atoms in total. The number of nitrogens with zero attached hydrogens (tertiary/aromatic N) is 1. The summed E-state index contributed by atoms with van der Waals surface area (Å²) in [4.78, 5) is 18.1. The molecule has 0 saturated heterocycles. The molecule has 20 heavy (non-hydrogen) atoms. The number of aryl methyl sites for hydroxylation is 1. The molecule has 3 rings (SSSR count). The number of aromatic nitrogens is 1. The van der Waals surface area contributed by atoms with Crippen molar-refractivity contribution in [2.45, 2.75) is 33.1 Å². The van der Waals surface area contributed by atoms with Gasteiger partial charge in [0, 0.05) is 18.1 Å². The van der Waals surface area contributed by atoms with E-state index in [2.05, 4.69) is 17.2 Å². The lowest BCUT2D eigenvalue weighted by Crippen LogP contribution is -2.29. The number of carbonyl (C=O) groups is 1. The van der Waals surface area contributed by atoms with E-state index in [9.17, 15) is 4.79 Å². The summed E-state index contributed by atoms with van der Waals surface area (Å²) in [5.74, 6) is -0.0652. The largest absolute Gasteiger partial charge is 0.397 e. The van der Waals surface area contributed by atoms with Crippen LogP contribution in [0.4, 0.5) is 5.69 Å². The predicted octanol–water partition coefficient (Wildman–Crippen LogP) is 3.11. The maximum Gasteiger partial charge on any atom is 0.263 e. The van der Waals surface area contributed by atoms with E-state index in [1.807, 2.05) is 13.0 Å². The summed E-state index contributed by atoms with van der Waals surface area (Å²) in [6.07, 6.45) is 5.31. The first kappa shape index (κ1) is 13.4. The van der Waals surface area contributed by atoms with Crippen molar-refractivity contribution in [3.63, 3.8) is 0 Å². The zero-order valence-electron chi connectivity index (χ0n) is 11.8. The average Bonchev–Trinajstić information content (AvgIpc) is 3.15. The number of nitrogens with one attached hydrogen (secondary N) is 1. The van der Waals surface area contributed by atoms with Crippen LogP contribution in [0, 0.1) is 12.3 Å². The fraction of sp³-hybridized carbons (Fsp3) is 0.467. The molecule has 2 heterocycles. The summed E-state index contributed by atoms with van der Waals surface area (Å²) in [5, 5.41) is 3.95. The van der Waals surface area contributed by atoms with E-state index in [0.717, 1.165) is 28.7 Å². The van der Waals surface area contributed by atoms with Gasteiger partial charge in [0.25, 0.3) is 5.91 Å². The number of anilines is 1. The molecule has 1 amide bonds. The van der Waals surface area contributed by atoms with Crippen LogP contribution < -0.4 is 11.1 Å². The molecule has 2 aromatic heterocycles. The number of hydrogen-bond donors (Lipinski definition) is 2. The average molecular weight is 289 g/mol. The second-order valence-corrected chi connectivity index (χ2v) is 6.69. The zero-order chi connectivity index (χ0) is 14.3. The Morgan fingerprint density at radius 1 is 1.55 bits per heavy atom. The number of rotatable bonds is 4. The molecule has 0 unspecified atom stereocenters. The molecule has 0 spiro atoms. The van der Waals surface area contributed by atoms with Crippen LogP contribution >= 0.6 is 11.3 Å². The molecule has 2 aromatic rings. The maximum atomic E-state index is 12.3. The minimum Gasteiger partial charge on any atom is -0.397 e. The van der Waals surface area contributed by atoms with Crippen LogP contribution in [0.3, 0.4) is 0 Å². The summed E-state index contributed by atoms with van der Waals surface area (Å²) in [6, 6.07) is 1.92. The number of thiophene rings is 1. The first-order valence-corrected chi connectivity index (χ1v) is 7.80. The lowest BCUT2D eigenvalue weighted by atomic mass is 10.0. The number of nitrogens with two attached hydrogens (primary N) is 1. The summed E-state index contributed by atoms with van der Waals surface area (Å²) in [5.41, 5.74) is 8.11. The van der Waals surface area contributed by atoms with Crippen LogP contribution in [0.25, 0.3) is 10.2 Å².